The summed E-state index contributed by atoms with van der Waals surface area (Å²) in [6, 6.07) is 21.5. The monoisotopic (exact) mass is 494 g/mol. The van der Waals surface area contributed by atoms with Crippen LogP contribution in [0.2, 0.25) is 0 Å². The molecule has 2 aromatic heterocycles. The number of fused-ring (bicyclic) bond motifs is 1. The first-order chi connectivity index (χ1) is 18.0. The van der Waals surface area contributed by atoms with Gasteiger partial charge in [-0.05, 0) is 48.0 Å². The zero-order valence-corrected chi connectivity index (χ0v) is 20.2. The number of nitrogens with one attached hydrogen (secondary N) is 2. The van der Waals surface area contributed by atoms with Crippen molar-refractivity contribution in [2.24, 2.45) is 0 Å². The molecule has 5 rings (SSSR count). The van der Waals surface area contributed by atoms with Gasteiger partial charge in [-0.2, -0.15) is 0 Å². The van der Waals surface area contributed by atoms with Crippen molar-refractivity contribution < 1.29 is 14.9 Å². The molecule has 8 heteroatoms. The highest BCUT2D eigenvalue weighted by Crippen LogP contribution is 2.38. The molecule has 0 fully saturated rings. The van der Waals surface area contributed by atoms with Gasteiger partial charge in [0.2, 0.25) is 5.88 Å². The van der Waals surface area contributed by atoms with Crippen molar-refractivity contribution in [3.8, 4) is 35.2 Å². The van der Waals surface area contributed by atoms with E-state index in [0.29, 0.717) is 28.2 Å². The molecule has 3 aromatic carbocycles. The SMILES string of the molecule is C#Cc1ccc2nc([C@H]([C@@H](C)c3ccccc3)n3c(O)c(-c4ccc(OCCO)cc4)[nH]c3=O)[nH]c2c1. The lowest BCUT2D eigenvalue weighted by Gasteiger charge is -2.24. The minimum absolute atomic E-state index is 0.0917. The summed E-state index contributed by atoms with van der Waals surface area (Å²) < 4.78 is 6.75. The number of hydrogen-bond donors (Lipinski definition) is 4. The summed E-state index contributed by atoms with van der Waals surface area (Å²) in [5.74, 6) is 3.29. The maximum absolute atomic E-state index is 13.3. The minimum Gasteiger partial charge on any atom is -0.493 e. The predicted octanol–water partition coefficient (Wildman–Crippen LogP) is 4.17. The Balaban J connectivity index is 1.63. The van der Waals surface area contributed by atoms with E-state index in [2.05, 4.69) is 15.9 Å². The van der Waals surface area contributed by atoms with Gasteiger partial charge in [0.1, 0.15) is 29.9 Å². The number of hydrogen-bond acceptors (Lipinski definition) is 5. The predicted molar refractivity (Wildman–Crippen MR) is 142 cm³/mol. The number of terminal acetylenes is 1. The number of rotatable bonds is 8. The number of imidazole rings is 2. The molecule has 5 aromatic rings. The fourth-order valence-corrected chi connectivity index (χ4v) is 4.56. The summed E-state index contributed by atoms with van der Waals surface area (Å²) >= 11 is 0. The Labute approximate surface area is 213 Å². The van der Waals surface area contributed by atoms with E-state index in [1.165, 1.54) is 4.57 Å². The van der Waals surface area contributed by atoms with Gasteiger partial charge in [-0.15, -0.1) is 6.42 Å². The third-order valence-corrected chi connectivity index (χ3v) is 6.43. The molecule has 2 atom stereocenters. The number of aromatic amines is 2. The zero-order chi connectivity index (χ0) is 25.9. The smallest absolute Gasteiger partial charge is 0.329 e. The van der Waals surface area contributed by atoms with E-state index >= 15 is 0 Å². The molecule has 2 heterocycles. The van der Waals surface area contributed by atoms with Crippen molar-refractivity contribution in [2.75, 3.05) is 13.2 Å². The van der Waals surface area contributed by atoms with Crippen LogP contribution in [-0.4, -0.2) is 42.9 Å². The molecule has 0 aliphatic carbocycles. The molecule has 37 heavy (non-hydrogen) atoms. The maximum atomic E-state index is 13.3. The average molecular weight is 495 g/mol. The lowest BCUT2D eigenvalue weighted by atomic mass is 9.92. The molecular formula is C29H26N4O4. The summed E-state index contributed by atoms with van der Waals surface area (Å²) in [7, 11) is 0. The Kier molecular flexibility index (Phi) is 6.54. The largest absolute Gasteiger partial charge is 0.493 e. The Morgan fingerprint density at radius 3 is 2.54 bits per heavy atom. The lowest BCUT2D eigenvalue weighted by Crippen LogP contribution is -2.27. The van der Waals surface area contributed by atoms with E-state index in [1.807, 2.05) is 55.5 Å². The number of nitrogens with zero attached hydrogens (tertiary/aromatic N) is 2. The molecule has 0 aliphatic heterocycles. The Morgan fingerprint density at radius 1 is 1.08 bits per heavy atom. The molecule has 0 amide bonds. The molecule has 0 spiro atoms. The summed E-state index contributed by atoms with van der Waals surface area (Å²) in [6.45, 7) is 2.08. The van der Waals surface area contributed by atoms with E-state index < -0.39 is 11.7 Å². The summed E-state index contributed by atoms with van der Waals surface area (Å²) in [5, 5.41) is 20.3. The highest BCUT2D eigenvalue weighted by Gasteiger charge is 2.31. The van der Waals surface area contributed by atoms with Crippen molar-refractivity contribution in [3.63, 3.8) is 0 Å². The molecule has 4 N–H and O–H groups in total. The average Bonchev–Trinajstić information content (AvgIpc) is 3.48. The van der Waals surface area contributed by atoms with Crippen LogP contribution in [0, 0.1) is 12.3 Å². The summed E-state index contributed by atoms with van der Waals surface area (Å²) in [4.78, 5) is 24.2. The minimum atomic E-state index is -0.645. The maximum Gasteiger partial charge on any atom is 0.329 e. The quantitative estimate of drug-likeness (QED) is 0.242. The van der Waals surface area contributed by atoms with Crippen LogP contribution >= 0.6 is 0 Å². The molecule has 186 valence electrons. The van der Waals surface area contributed by atoms with Crippen LogP contribution in [0.25, 0.3) is 22.3 Å². The Bertz CT molecular complexity index is 1630. The van der Waals surface area contributed by atoms with Crippen LogP contribution in [0.5, 0.6) is 11.6 Å². The van der Waals surface area contributed by atoms with Crippen molar-refractivity contribution in [1.82, 2.24) is 19.5 Å². The van der Waals surface area contributed by atoms with Crippen molar-refractivity contribution in [2.45, 2.75) is 18.9 Å². The van der Waals surface area contributed by atoms with Gasteiger partial charge in [0.15, 0.2) is 0 Å². The van der Waals surface area contributed by atoms with Gasteiger partial charge in [0.25, 0.3) is 0 Å². The Hall–Kier alpha value is -4.74. The van der Waals surface area contributed by atoms with Crippen molar-refractivity contribution >= 4 is 11.0 Å². The second-order valence-electron chi connectivity index (χ2n) is 8.74. The molecule has 0 radical (unpaired) electrons. The van der Waals surface area contributed by atoms with E-state index in [9.17, 15) is 9.90 Å². The van der Waals surface area contributed by atoms with Crippen LogP contribution in [0.3, 0.4) is 0 Å². The normalized spacial score (nSPS) is 12.8. The number of ether oxygens (including phenoxy) is 1. The van der Waals surface area contributed by atoms with Gasteiger partial charge in [-0.3, -0.25) is 4.57 Å². The third kappa shape index (κ3) is 4.60. The van der Waals surface area contributed by atoms with Gasteiger partial charge in [-0.25, -0.2) is 9.78 Å². The first-order valence-electron chi connectivity index (χ1n) is 11.9. The fraction of sp³-hybridized carbons (Fsp3) is 0.172. The van der Waals surface area contributed by atoms with E-state index in [4.69, 9.17) is 21.3 Å². The van der Waals surface area contributed by atoms with Gasteiger partial charge in [0, 0.05) is 17.0 Å². The van der Waals surface area contributed by atoms with Gasteiger partial charge in [-0.1, -0.05) is 43.2 Å². The second-order valence-corrected chi connectivity index (χ2v) is 8.74. The number of aromatic hydroxyl groups is 1. The van der Waals surface area contributed by atoms with Crippen LogP contribution in [0.15, 0.2) is 77.6 Å². The first-order valence-corrected chi connectivity index (χ1v) is 11.9. The third-order valence-electron chi connectivity index (χ3n) is 6.43. The van der Waals surface area contributed by atoms with Crippen LogP contribution in [0.4, 0.5) is 0 Å². The molecular weight excluding hydrogens is 468 g/mol. The molecule has 0 bridgehead atoms. The molecule has 8 nitrogen and oxygen atoms in total. The molecule has 0 unspecified atom stereocenters. The highest BCUT2D eigenvalue weighted by molar-refractivity contribution is 5.77. The van der Waals surface area contributed by atoms with Crippen LogP contribution < -0.4 is 10.4 Å². The van der Waals surface area contributed by atoms with Crippen LogP contribution in [-0.2, 0) is 0 Å². The second kappa shape index (κ2) is 10.1. The zero-order valence-electron chi connectivity index (χ0n) is 20.2. The Morgan fingerprint density at radius 2 is 1.84 bits per heavy atom. The number of benzene rings is 3. The van der Waals surface area contributed by atoms with E-state index in [1.54, 1.807) is 24.3 Å². The van der Waals surface area contributed by atoms with Crippen LogP contribution in [0.1, 0.15) is 35.8 Å². The highest BCUT2D eigenvalue weighted by atomic mass is 16.5. The van der Waals surface area contributed by atoms with Crippen molar-refractivity contribution in [1.29, 1.82) is 0 Å². The molecule has 0 saturated heterocycles. The van der Waals surface area contributed by atoms with E-state index in [-0.39, 0.29) is 30.7 Å². The first kappa shape index (κ1) is 24.0. The fourth-order valence-electron chi connectivity index (χ4n) is 4.56. The summed E-state index contributed by atoms with van der Waals surface area (Å²) in [5.41, 5.74) is 3.58. The number of H-pyrrole nitrogens is 2. The number of aromatic nitrogens is 4. The van der Waals surface area contributed by atoms with Gasteiger partial charge >= 0.3 is 5.69 Å². The molecule has 0 saturated carbocycles. The van der Waals surface area contributed by atoms with Gasteiger partial charge in [0.05, 0.1) is 17.6 Å². The summed E-state index contributed by atoms with van der Waals surface area (Å²) in [6.07, 6.45) is 5.57. The molecule has 0 aliphatic rings. The topological polar surface area (TPSA) is 116 Å². The van der Waals surface area contributed by atoms with Gasteiger partial charge < -0.3 is 24.9 Å². The van der Waals surface area contributed by atoms with E-state index in [0.717, 1.165) is 11.1 Å². The van der Waals surface area contributed by atoms with Crippen molar-refractivity contribution in [3.05, 3.63) is 100 Å². The number of aliphatic hydroxyl groups is 1. The standard InChI is InChI=1S/C29H26N4O4/c1-3-19-9-14-23-24(17-19)31-27(30-23)26(18(2)20-7-5-4-6-8-20)33-28(35)25(32-29(33)36)21-10-12-22(13-11-21)37-16-15-34/h1,4-14,17-18,26,34-35H,15-16H2,2H3,(H,30,31)(H,32,36)/t18-,26-/m0/s1. The number of aliphatic hydroxyl groups excluding tert-OH is 1. The lowest BCUT2D eigenvalue weighted by molar-refractivity contribution is 0.201.